The summed E-state index contributed by atoms with van der Waals surface area (Å²) in [5.74, 6) is -0.578. The smallest absolute Gasteiger partial charge is 0.270 e. The second kappa shape index (κ2) is 18.0. The third kappa shape index (κ3) is 10.9. The highest BCUT2D eigenvalue weighted by atomic mass is 19.3. The van der Waals surface area contributed by atoms with Crippen LogP contribution in [0.5, 0.6) is 11.5 Å². The maximum Gasteiger partial charge on any atom is 0.270 e. The fourth-order valence-corrected chi connectivity index (χ4v) is 7.11. The highest BCUT2D eigenvalue weighted by Crippen LogP contribution is 2.32. The Labute approximate surface area is 295 Å². The Kier molecular flexibility index (Phi) is 13.5. The van der Waals surface area contributed by atoms with Crippen molar-refractivity contribution in [2.45, 2.75) is 91.0 Å². The quantitative estimate of drug-likeness (QED) is 0.136. The highest BCUT2D eigenvalue weighted by molar-refractivity contribution is 5.97. The molecule has 0 spiro atoms. The molecule has 0 amide bonds. The molecule has 7 heteroatoms. The predicted octanol–water partition coefficient (Wildman–Crippen LogP) is 9.46. The number of Topliss-reactive ketones (excluding diaryl/α,β-unsaturated/α-hetero) is 1. The third-order valence-electron chi connectivity index (χ3n) is 10.2. The number of allylic oxidation sites excluding steroid dienone is 2. The average molecular weight is 688 g/mol. The molecule has 4 nitrogen and oxygen atoms in total. The van der Waals surface area contributed by atoms with Crippen LogP contribution < -0.4 is 20.5 Å². The first kappa shape index (κ1) is 37.6. The summed E-state index contributed by atoms with van der Waals surface area (Å²) in [5.41, 5.74) is 4.56. The lowest BCUT2D eigenvalue weighted by molar-refractivity contribution is -0.0781. The topological polar surface area (TPSA) is 47.6 Å². The molecule has 2 aliphatic carbocycles. The number of benzene rings is 3. The lowest BCUT2D eigenvalue weighted by atomic mass is 9.81. The molecule has 3 aromatic carbocycles. The van der Waals surface area contributed by atoms with Crippen LogP contribution in [0.15, 0.2) is 72.3 Å². The van der Waals surface area contributed by atoms with Gasteiger partial charge in [-0.25, -0.2) is 13.2 Å². The summed E-state index contributed by atoms with van der Waals surface area (Å²) < 4.78 is 51.0. The molecule has 1 atom stereocenters. The van der Waals surface area contributed by atoms with Gasteiger partial charge >= 0.3 is 0 Å². The first-order valence-corrected chi connectivity index (χ1v) is 18.4. The number of halogens is 3. The van der Waals surface area contributed by atoms with E-state index in [1.807, 2.05) is 24.3 Å². The molecule has 1 saturated carbocycles. The molecular weight excluding hydrogens is 635 g/mol. The van der Waals surface area contributed by atoms with E-state index < -0.39 is 12.5 Å². The Morgan fingerprint density at radius 2 is 1.64 bits per heavy atom. The summed E-state index contributed by atoms with van der Waals surface area (Å²) in [5, 5.41) is 5.89. The number of fused-ring (bicyclic) bond motifs is 1. The van der Waals surface area contributed by atoms with Crippen LogP contribution in [0.4, 0.5) is 13.2 Å². The van der Waals surface area contributed by atoms with Crippen LogP contribution in [0, 0.1) is 30.5 Å². The summed E-state index contributed by atoms with van der Waals surface area (Å²) in [6, 6.07) is 17.6. The fourth-order valence-electron chi connectivity index (χ4n) is 7.11. The van der Waals surface area contributed by atoms with Crippen LogP contribution in [0.3, 0.4) is 0 Å². The Hall–Kier alpha value is -3.68. The van der Waals surface area contributed by atoms with Gasteiger partial charge in [-0.05, 0) is 115 Å². The first-order chi connectivity index (χ1) is 24.1. The Morgan fingerprint density at radius 1 is 0.960 bits per heavy atom. The number of hydrogen-bond donors (Lipinski definition) is 1. The van der Waals surface area contributed by atoms with Gasteiger partial charge in [0.25, 0.3) is 5.92 Å². The lowest BCUT2D eigenvalue weighted by Gasteiger charge is -2.23. The van der Waals surface area contributed by atoms with Crippen molar-refractivity contribution < 1.29 is 27.4 Å². The van der Waals surface area contributed by atoms with Gasteiger partial charge in [-0.3, -0.25) is 4.79 Å². The molecule has 1 fully saturated rings. The molecule has 50 heavy (non-hydrogen) atoms. The third-order valence-corrected chi connectivity index (χ3v) is 10.2. The van der Waals surface area contributed by atoms with Gasteiger partial charge in [0.2, 0.25) is 0 Å². The van der Waals surface area contributed by atoms with Gasteiger partial charge in [0, 0.05) is 31.0 Å². The van der Waals surface area contributed by atoms with E-state index >= 15 is 0 Å². The number of carbonyl (C=O) groups is 1. The maximum atomic E-state index is 13.4. The molecule has 5 rings (SSSR count). The minimum atomic E-state index is -2.76. The zero-order valence-corrected chi connectivity index (χ0v) is 29.8. The maximum absolute atomic E-state index is 13.4. The SMILES string of the molecule is CCC(F)(F)COCCNCc1ccc2c(c1C)=CC(=CCC1CCCC(C(=O)c3ccc(Oc4ccc(F)cc4)cc3)CCC1)CC(C)C=2. The number of ether oxygens (including phenoxy) is 2. The number of nitrogens with one attached hydrogen (secondary N) is 1. The van der Waals surface area contributed by atoms with Crippen molar-refractivity contribution in [2.75, 3.05) is 19.8 Å². The van der Waals surface area contributed by atoms with Crippen molar-refractivity contribution in [1.82, 2.24) is 5.32 Å². The van der Waals surface area contributed by atoms with Gasteiger partial charge in [0.15, 0.2) is 5.78 Å². The molecule has 1 N–H and O–H groups in total. The summed E-state index contributed by atoms with van der Waals surface area (Å²) in [6.07, 6.45) is 15.2. The Balaban J connectivity index is 1.13. The second-order valence-corrected chi connectivity index (χ2v) is 14.2. The second-order valence-electron chi connectivity index (χ2n) is 14.2. The molecule has 3 aromatic rings. The standard InChI is InChI=1S/C43H52F3NO3/c1-4-43(45,46)29-49-24-23-47-28-37-14-13-36-26-30(2)25-33(27-41(36)31(37)3)12-11-32-7-5-9-34(10-6-8-32)42(48)35-15-19-39(20-16-35)50-40-21-17-38(44)18-22-40/h12-22,26-27,30,32,34,47H,4-11,23-25,28-29H2,1-3H3. The fraction of sp³-hybridized carbons (Fsp3) is 0.465. The summed E-state index contributed by atoms with van der Waals surface area (Å²) >= 11 is 0. The van der Waals surface area contributed by atoms with Gasteiger partial charge in [-0.15, -0.1) is 0 Å². The van der Waals surface area contributed by atoms with Crippen LogP contribution in [0.25, 0.3) is 12.2 Å². The molecule has 0 bridgehead atoms. The number of carbonyl (C=O) groups excluding carboxylic acids is 1. The molecule has 268 valence electrons. The van der Waals surface area contributed by atoms with E-state index in [1.165, 1.54) is 46.2 Å². The summed E-state index contributed by atoms with van der Waals surface area (Å²) in [6.45, 7) is 6.84. The Bertz CT molecular complexity index is 1710. The monoisotopic (exact) mass is 687 g/mol. The van der Waals surface area contributed by atoms with Crippen LogP contribution in [0.1, 0.15) is 93.1 Å². The van der Waals surface area contributed by atoms with E-state index in [0.717, 1.165) is 56.9 Å². The van der Waals surface area contributed by atoms with Crippen molar-refractivity contribution >= 4 is 17.9 Å². The van der Waals surface area contributed by atoms with E-state index in [2.05, 4.69) is 49.5 Å². The van der Waals surface area contributed by atoms with Crippen molar-refractivity contribution in [3.8, 4) is 11.5 Å². The molecule has 0 radical (unpaired) electrons. The van der Waals surface area contributed by atoms with E-state index in [4.69, 9.17) is 9.47 Å². The molecule has 0 saturated heterocycles. The van der Waals surface area contributed by atoms with Gasteiger partial charge in [-0.1, -0.05) is 75.5 Å². The first-order valence-electron chi connectivity index (χ1n) is 18.4. The predicted molar refractivity (Wildman–Crippen MR) is 196 cm³/mol. The number of rotatable bonds is 14. The zero-order chi connectivity index (χ0) is 35.5. The molecule has 0 heterocycles. The van der Waals surface area contributed by atoms with Gasteiger partial charge in [0.1, 0.15) is 23.9 Å². The minimum absolute atomic E-state index is 0.0474. The summed E-state index contributed by atoms with van der Waals surface area (Å²) in [4.78, 5) is 13.4. The molecule has 2 aliphatic rings. The van der Waals surface area contributed by atoms with Crippen molar-refractivity contribution in [2.24, 2.45) is 17.8 Å². The van der Waals surface area contributed by atoms with Gasteiger partial charge < -0.3 is 14.8 Å². The van der Waals surface area contributed by atoms with Gasteiger partial charge in [-0.2, -0.15) is 0 Å². The number of hydrogen-bond acceptors (Lipinski definition) is 4. The molecule has 0 aromatic heterocycles. The van der Waals surface area contributed by atoms with Crippen LogP contribution >= 0.6 is 0 Å². The van der Waals surface area contributed by atoms with Crippen molar-refractivity contribution in [1.29, 1.82) is 0 Å². The van der Waals surface area contributed by atoms with Crippen LogP contribution in [0.2, 0.25) is 0 Å². The number of alkyl halides is 2. The van der Waals surface area contributed by atoms with Crippen LogP contribution in [-0.2, 0) is 11.3 Å². The Morgan fingerprint density at radius 3 is 2.32 bits per heavy atom. The lowest BCUT2D eigenvalue weighted by Crippen LogP contribution is -2.30. The van der Waals surface area contributed by atoms with E-state index in [0.29, 0.717) is 36.4 Å². The average Bonchev–Trinajstić information content (AvgIpc) is 3.26. The highest BCUT2D eigenvalue weighted by Gasteiger charge is 2.26. The summed E-state index contributed by atoms with van der Waals surface area (Å²) in [7, 11) is 0. The molecule has 1 unspecified atom stereocenters. The van der Waals surface area contributed by atoms with E-state index in [-0.39, 0.29) is 30.5 Å². The van der Waals surface area contributed by atoms with Crippen molar-refractivity contribution in [3.05, 3.63) is 105 Å². The van der Waals surface area contributed by atoms with Crippen LogP contribution in [-0.4, -0.2) is 31.5 Å². The largest absolute Gasteiger partial charge is 0.457 e. The molecular formula is C43H52F3NO3. The van der Waals surface area contributed by atoms with E-state index in [9.17, 15) is 18.0 Å². The minimum Gasteiger partial charge on any atom is -0.457 e. The number of ketones is 1. The van der Waals surface area contributed by atoms with Gasteiger partial charge in [0.05, 0.1) is 6.61 Å². The van der Waals surface area contributed by atoms with Crippen molar-refractivity contribution in [3.63, 3.8) is 0 Å². The van der Waals surface area contributed by atoms with E-state index in [1.54, 1.807) is 12.1 Å². The zero-order valence-electron chi connectivity index (χ0n) is 29.8. The molecule has 0 aliphatic heterocycles. The normalized spacial score (nSPS) is 20.5.